The highest BCUT2D eigenvalue weighted by Crippen LogP contribution is 2.47. The lowest BCUT2D eigenvalue weighted by molar-refractivity contribution is -0.0439. The Kier molecular flexibility index (Phi) is 7.12. The molecule has 4 atom stereocenters. The van der Waals surface area contributed by atoms with Gasteiger partial charge < -0.3 is 24.4 Å². The van der Waals surface area contributed by atoms with Gasteiger partial charge in [-0.3, -0.25) is 9.69 Å². The third kappa shape index (κ3) is 5.54. The van der Waals surface area contributed by atoms with E-state index in [0.717, 1.165) is 25.4 Å². The zero-order chi connectivity index (χ0) is 28.1. The number of nitrogens with one attached hydrogen (secondary N) is 1. The van der Waals surface area contributed by atoms with Crippen LogP contribution in [0, 0.1) is 5.92 Å². The summed E-state index contributed by atoms with van der Waals surface area (Å²) in [6.45, 7) is 7.31. The van der Waals surface area contributed by atoms with E-state index in [4.69, 9.17) is 14.2 Å². The molecule has 7 rings (SSSR count). The molecule has 0 aliphatic carbocycles. The first-order chi connectivity index (χ1) is 19.8. The summed E-state index contributed by atoms with van der Waals surface area (Å²) in [6.07, 6.45) is 7.57. The molecule has 5 heterocycles. The van der Waals surface area contributed by atoms with Crippen molar-refractivity contribution < 1.29 is 19.0 Å². The Hall–Kier alpha value is -2.81. The van der Waals surface area contributed by atoms with E-state index < -0.39 is 5.79 Å². The van der Waals surface area contributed by atoms with Crippen molar-refractivity contribution in [3.63, 3.8) is 0 Å². The van der Waals surface area contributed by atoms with E-state index in [1.54, 1.807) is 24.5 Å². The normalized spacial score (nSPS) is 26.5. The van der Waals surface area contributed by atoms with E-state index in [0.29, 0.717) is 54.0 Å². The minimum absolute atomic E-state index is 0.00335. The van der Waals surface area contributed by atoms with Crippen LogP contribution in [0.1, 0.15) is 67.6 Å². The molecular weight excluding hydrogens is 534 g/mol. The molecule has 0 radical (unpaired) electrons. The number of carbonyl (C=O) groups is 1. The fourth-order valence-electron chi connectivity index (χ4n) is 7.52. The number of amides is 1. The van der Waals surface area contributed by atoms with E-state index in [2.05, 4.69) is 45.4 Å². The van der Waals surface area contributed by atoms with Crippen LogP contribution in [0.4, 0.5) is 0 Å². The minimum Gasteiger partial charge on any atom is -0.493 e. The summed E-state index contributed by atoms with van der Waals surface area (Å²) in [5.41, 5.74) is 0.572. The first-order valence-corrected chi connectivity index (χ1v) is 16.0. The number of rotatable bonds is 8. The number of nitrogens with zero attached hydrogens (tertiary/aromatic N) is 2. The van der Waals surface area contributed by atoms with Crippen LogP contribution >= 0.6 is 11.3 Å². The number of hydrogen-bond donors (Lipinski definition) is 1. The van der Waals surface area contributed by atoms with E-state index in [1.165, 1.54) is 47.1 Å². The summed E-state index contributed by atoms with van der Waals surface area (Å²) in [4.78, 5) is 20.3. The van der Waals surface area contributed by atoms with Crippen molar-refractivity contribution in [3.05, 3.63) is 52.9 Å². The van der Waals surface area contributed by atoms with Gasteiger partial charge >= 0.3 is 0 Å². The molecule has 3 saturated heterocycles. The number of likely N-dealkylation sites (tertiary alicyclic amines) is 1. The third-order valence-corrected chi connectivity index (χ3v) is 10.4. The molecule has 0 spiro atoms. The van der Waals surface area contributed by atoms with E-state index in [9.17, 15) is 4.79 Å². The van der Waals surface area contributed by atoms with Crippen LogP contribution in [-0.2, 0) is 6.54 Å². The highest BCUT2D eigenvalue weighted by molar-refractivity contribution is 7.19. The summed E-state index contributed by atoms with van der Waals surface area (Å²) in [7, 11) is 1.61. The van der Waals surface area contributed by atoms with Crippen LogP contribution in [0.3, 0.4) is 0 Å². The maximum Gasteiger partial charge on any atom is 0.254 e. The van der Waals surface area contributed by atoms with Crippen molar-refractivity contribution in [2.75, 3.05) is 26.7 Å². The van der Waals surface area contributed by atoms with Crippen molar-refractivity contribution >= 4 is 27.3 Å². The Morgan fingerprint density at radius 1 is 1.12 bits per heavy atom. The predicted molar refractivity (Wildman–Crippen MR) is 162 cm³/mol. The molecule has 3 fully saturated rings. The van der Waals surface area contributed by atoms with Gasteiger partial charge in [0.1, 0.15) is 0 Å². The van der Waals surface area contributed by atoms with Gasteiger partial charge in [-0.15, -0.1) is 11.3 Å². The van der Waals surface area contributed by atoms with Crippen LogP contribution in [0.2, 0.25) is 0 Å². The summed E-state index contributed by atoms with van der Waals surface area (Å²) >= 11 is 1.78. The molecule has 4 aliphatic rings. The van der Waals surface area contributed by atoms with Crippen molar-refractivity contribution in [1.82, 2.24) is 15.1 Å². The van der Waals surface area contributed by atoms with Crippen LogP contribution in [0.5, 0.6) is 17.2 Å². The summed E-state index contributed by atoms with van der Waals surface area (Å²) in [6, 6.07) is 16.1. The first kappa shape index (κ1) is 27.0. The predicted octanol–water partition coefficient (Wildman–Crippen LogP) is 6.05. The average molecular weight is 576 g/mol. The number of benzene rings is 2. The van der Waals surface area contributed by atoms with Gasteiger partial charge in [0, 0.05) is 60.2 Å². The second-order valence-corrected chi connectivity index (χ2v) is 14.0. The monoisotopic (exact) mass is 575 g/mol. The lowest BCUT2D eigenvalue weighted by Crippen LogP contribution is -2.46. The Labute approximate surface area is 246 Å². The fraction of sp³-hybridized carbons (Fsp3) is 0.545. The van der Waals surface area contributed by atoms with Gasteiger partial charge in [0.05, 0.1) is 13.7 Å². The molecule has 1 N–H and O–H groups in total. The van der Waals surface area contributed by atoms with E-state index in [1.807, 2.05) is 19.9 Å². The van der Waals surface area contributed by atoms with Gasteiger partial charge in [-0.2, -0.15) is 0 Å². The van der Waals surface area contributed by atoms with Gasteiger partial charge in [0.15, 0.2) is 11.5 Å². The van der Waals surface area contributed by atoms with Crippen molar-refractivity contribution in [3.8, 4) is 17.2 Å². The SMILES string of the molecule is COc1cc(C(=O)N(Cc2cc3ccccc3s2)C[C@@H]2CCCN2C[C@@H]2C[C@H]3CC[C@@H](C2)N3)cc2c1OC(C)(C)O2. The Balaban J connectivity index is 1.15. The van der Waals surface area contributed by atoms with Crippen LogP contribution in [0.25, 0.3) is 10.1 Å². The zero-order valence-electron chi connectivity index (χ0n) is 24.4. The molecule has 0 unspecified atom stereocenters. The first-order valence-electron chi connectivity index (χ1n) is 15.2. The zero-order valence-corrected chi connectivity index (χ0v) is 25.2. The molecule has 3 aromatic rings. The lowest BCUT2D eigenvalue weighted by Gasteiger charge is -2.36. The van der Waals surface area contributed by atoms with Crippen molar-refractivity contribution in [2.24, 2.45) is 5.92 Å². The molecule has 2 bridgehead atoms. The quantitative estimate of drug-likeness (QED) is 0.353. The van der Waals surface area contributed by atoms with Crippen molar-refractivity contribution in [1.29, 1.82) is 0 Å². The van der Waals surface area contributed by atoms with Gasteiger partial charge in [-0.1, -0.05) is 18.2 Å². The molecule has 0 saturated carbocycles. The molecule has 4 aliphatic heterocycles. The second kappa shape index (κ2) is 10.8. The maximum atomic E-state index is 14.3. The summed E-state index contributed by atoms with van der Waals surface area (Å²) < 4.78 is 18.9. The molecule has 7 nitrogen and oxygen atoms in total. The van der Waals surface area contributed by atoms with Crippen LogP contribution in [-0.4, -0.2) is 66.4 Å². The topological polar surface area (TPSA) is 63.3 Å². The van der Waals surface area contributed by atoms with Crippen LogP contribution in [0.15, 0.2) is 42.5 Å². The van der Waals surface area contributed by atoms with Gasteiger partial charge in [-0.25, -0.2) is 0 Å². The van der Waals surface area contributed by atoms with Gasteiger partial charge in [0.2, 0.25) is 11.5 Å². The second-order valence-electron chi connectivity index (χ2n) is 12.8. The number of fused-ring (bicyclic) bond motifs is 4. The third-order valence-electron chi connectivity index (χ3n) is 9.30. The lowest BCUT2D eigenvalue weighted by atomic mass is 9.92. The Morgan fingerprint density at radius 2 is 1.93 bits per heavy atom. The van der Waals surface area contributed by atoms with Crippen LogP contribution < -0.4 is 19.5 Å². The fourth-order valence-corrected chi connectivity index (χ4v) is 8.60. The smallest absolute Gasteiger partial charge is 0.254 e. The van der Waals surface area contributed by atoms with E-state index >= 15 is 0 Å². The summed E-state index contributed by atoms with van der Waals surface area (Å²) in [5.74, 6) is 1.60. The molecule has 218 valence electrons. The van der Waals surface area contributed by atoms with E-state index in [-0.39, 0.29) is 5.91 Å². The number of ether oxygens (including phenoxy) is 3. The maximum absolute atomic E-state index is 14.3. The average Bonchev–Trinajstić information content (AvgIpc) is 3.71. The number of thiophene rings is 1. The molecule has 1 aromatic heterocycles. The Morgan fingerprint density at radius 3 is 2.71 bits per heavy atom. The molecule has 2 aromatic carbocycles. The largest absolute Gasteiger partial charge is 0.493 e. The van der Waals surface area contributed by atoms with Crippen molar-refractivity contribution in [2.45, 2.75) is 82.8 Å². The number of methoxy groups -OCH3 is 1. The highest BCUT2D eigenvalue weighted by Gasteiger charge is 2.38. The molecule has 8 heteroatoms. The number of carbonyl (C=O) groups excluding carboxylic acids is 1. The number of hydrogen-bond acceptors (Lipinski definition) is 7. The van der Waals surface area contributed by atoms with Gasteiger partial charge in [-0.05, 0) is 80.6 Å². The number of piperidine rings is 1. The van der Waals surface area contributed by atoms with Gasteiger partial charge in [0.25, 0.3) is 5.91 Å². The molecule has 41 heavy (non-hydrogen) atoms. The highest BCUT2D eigenvalue weighted by atomic mass is 32.1. The summed E-state index contributed by atoms with van der Waals surface area (Å²) in [5, 5.41) is 5.02. The minimum atomic E-state index is -0.799. The molecule has 1 amide bonds. The Bertz CT molecular complexity index is 1390. The molecular formula is C33H41N3O4S. The standard InChI is InChI=1S/C33H41N3O4S/c1-33(2)39-29-17-23(16-28(38-3)31(29)40-33)32(37)36(20-27-15-22-7-4-5-9-30(22)41-27)19-26-8-6-12-35(26)18-21-13-24-10-11-25(14-21)34-24/h4-5,7,9,15-17,21,24-26,34H,6,8,10-14,18-20H2,1-3H3/t21-,24-,25+,26-/m0/s1.